The molecular weight excluding hydrogens is 202 g/mol. The highest BCUT2D eigenvalue weighted by molar-refractivity contribution is 5.64. The molecule has 0 radical (unpaired) electrons. The lowest BCUT2D eigenvalue weighted by Crippen LogP contribution is -2.34. The molecule has 0 aromatic carbocycles. The van der Waals surface area contributed by atoms with Crippen molar-refractivity contribution in [2.45, 2.75) is 12.4 Å². The van der Waals surface area contributed by atoms with E-state index in [0.717, 1.165) is 0 Å². The maximum atomic E-state index is 11.7. The number of allylic oxidation sites excluding steroid dienone is 2. The maximum absolute atomic E-state index is 11.7. The van der Waals surface area contributed by atoms with E-state index in [0.29, 0.717) is 0 Å². The average Bonchev–Trinajstić information content (AvgIpc) is 1.81. The predicted molar refractivity (Wildman–Crippen MR) is 30.8 cm³/mol. The lowest BCUT2D eigenvalue weighted by atomic mass is 10.1. The van der Waals surface area contributed by atoms with E-state index in [1.54, 1.807) is 0 Å². The van der Waals surface area contributed by atoms with Crippen LogP contribution < -0.4 is 0 Å². The van der Waals surface area contributed by atoms with Crippen molar-refractivity contribution in [3.05, 3.63) is 12.2 Å². The highest BCUT2D eigenvalue weighted by atomic mass is 19.4. The Kier molecular flexibility index (Phi) is 3.50. The maximum Gasteiger partial charge on any atom is 0.403 e. The van der Waals surface area contributed by atoms with E-state index in [1.165, 1.54) is 0 Å². The van der Waals surface area contributed by atoms with Gasteiger partial charge in [0.15, 0.2) is 5.92 Å². The third kappa shape index (κ3) is 3.95. The number of rotatable bonds is 2. The first-order valence-corrected chi connectivity index (χ1v) is 2.95. The van der Waals surface area contributed by atoms with E-state index in [4.69, 9.17) is 0 Å². The Bertz CT molecular complexity index is 186. The number of halogens is 6. The van der Waals surface area contributed by atoms with Crippen LogP contribution in [0.5, 0.6) is 0 Å². The second-order valence-electron chi connectivity index (χ2n) is 2.08. The van der Waals surface area contributed by atoms with E-state index in [2.05, 4.69) is 0 Å². The van der Waals surface area contributed by atoms with Gasteiger partial charge in [0.1, 0.15) is 6.29 Å². The highest BCUT2D eigenvalue weighted by Gasteiger charge is 2.54. The summed E-state index contributed by atoms with van der Waals surface area (Å²) in [6.45, 7) is 0. The molecule has 0 unspecified atom stereocenters. The number of carbonyl (C=O) groups excluding carboxylic acids is 1. The van der Waals surface area contributed by atoms with Crippen LogP contribution in [0.15, 0.2) is 12.2 Å². The van der Waals surface area contributed by atoms with Gasteiger partial charge in [0.05, 0.1) is 0 Å². The van der Waals surface area contributed by atoms with Crippen LogP contribution in [0.1, 0.15) is 0 Å². The zero-order valence-corrected chi connectivity index (χ0v) is 5.99. The minimum Gasteiger partial charge on any atom is -0.299 e. The summed E-state index contributed by atoms with van der Waals surface area (Å²) in [4.78, 5) is 9.54. The van der Waals surface area contributed by atoms with Gasteiger partial charge in [-0.25, -0.2) is 0 Å². The number of alkyl halides is 6. The minimum atomic E-state index is -5.42. The molecule has 0 spiro atoms. The second kappa shape index (κ2) is 3.80. The number of hydrogen-bond acceptors (Lipinski definition) is 1. The van der Waals surface area contributed by atoms with Gasteiger partial charge >= 0.3 is 12.4 Å². The van der Waals surface area contributed by atoms with Crippen LogP contribution in [0.25, 0.3) is 0 Å². The van der Waals surface area contributed by atoms with E-state index < -0.39 is 18.3 Å². The van der Waals surface area contributed by atoms with E-state index in [1.807, 2.05) is 0 Å². The van der Waals surface area contributed by atoms with Gasteiger partial charge in [0.25, 0.3) is 0 Å². The van der Waals surface area contributed by atoms with Gasteiger partial charge in [-0.05, 0) is 6.08 Å². The van der Waals surface area contributed by atoms with Crippen molar-refractivity contribution in [3.8, 4) is 0 Å². The van der Waals surface area contributed by atoms with Gasteiger partial charge in [0.2, 0.25) is 0 Å². The highest BCUT2D eigenvalue weighted by Crippen LogP contribution is 2.39. The van der Waals surface area contributed by atoms with E-state index >= 15 is 0 Å². The topological polar surface area (TPSA) is 17.1 Å². The molecule has 1 nitrogen and oxygen atoms in total. The first-order chi connectivity index (χ1) is 5.69. The number of hydrogen-bond donors (Lipinski definition) is 0. The average molecular weight is 206 g/mol. The van der Waals surface area contributed by atoms with Crippen LogP contribution in [-0.2, 0) is 4.79 Å². The standard InChI is InChI=1S/C6H4F6O/c7-5(8,9)4(2-1-3-13)6(10,11)12/h1-4H/b2-1+. The van der Waals surface area contributed by atoms with Gasteiger partial charge in [-0.15, -0.1) is 0 Å². The van der Waals surface area contributed by atoms with Crippen molar-refractivity contribution >= 4 is 6.29 Å². The molecule has 0 fully saturated rings. The largest absolute Gasteiger partial charge is 0.403 e. The second-order valence-corrected chi connectivity index (χ2v) is 2.08. The summed E-state index contributed by atoms with van der Waals surface area (Å²) >= 11 is 0. The third-order valence-electron chi connectivity index (χ3n) is 1.09. The summed E-state index contributed by atoms with van der Waals surface area (Å²) < 4.78 is 69.9. The van der Waals surface area contributed by atoms with E-state index in [9.17, 15) is 31.1 Å². The molecule has 0 aliphatic carbocycles. The Morgan fingerprint density at radius 1 is 0.923 bits per heavy atom. The Morgan fingerprint density at radius 2 is 1.31 bits per heavy atom. The van der Waals surface area contributed by atoms with Gasteiger partial charge in [-0.1, -0.05) is 6.08 Å². The molecule has 0 N–H and O–H groups in total. The van der Waals surface area contributed by atoms with Gasteiger partial charge in [-0.3, -0.25) is 4.79 Å². The van der Waals surface area contributed by atoms with Gasteiger partial charge in [-0.2, -0.15) is 26.3 Å². The Hall–Kier alpha value is -1.01. The summed E-state index contributed by atoms with van der Waals surface area (Å²) in [5.41, 5.74) is 0. The Labute approximate surface area is 69.0 Å². The van der Waals surface area contributed by atoms with Crippen molar-refractivity contribution in [2.75, 3.05) is 0 Å². The normalized spacial score (nSPS) is 14.1. The lowest BCUT2D eigenvalue weighted by Gasteiger charge is -2.19. The van der Waals surface area contributed by atoms with Gasteiger partial charge < -0.3 is 0 Å². The van der Waals surface area contributed by atoms with Crippen molar-refractivity contribution < 1.29 is 31.1 Å². The Morgan fingerprint density at radius 3 is 1.54 bits per heavy atom. The zero-order valence-electron chi connectivity index (χ0n) is 5.99. The molecule has 0 bridgehead atoms. The van der Waals surface area contributed by atoms with Gasteiger partial charge in [0, 0.05) is 0 Å². The summed E-state index contributed by atoms with van der Waals surface area (Å²) in [7, 11) is 0. The fraction of sp³-hybridized carbons (Fsp3) is 0.500. The smallest absolute Gasteiger partial charge is 0.299 e. The zero-order chi connectivity index (χ0) is 10.7. The molecule has 0 saturated heterocycles. The van der Waals surface area contributed by atoms with Crippen LogP contribution in [0.2, 0.25) is 0 Å². The molecule has 0 amide bonds. The molecule has 76 valence electrons. The molecule has 0 aromatic heterocycles. The fourth-order valence-electron chi connectivity index (χ4n) is 0.560. The molecule has 0 atom stereocenters. The van der Waals surface area contributed by atoms with Crippen LogP contribution in [0.4, 0.5) is 26.3 Å². The van der Waals surface area contributed by atoms with Crippen molar-refractivity contribution in [3.63, 3.8) is 0 Å². The quantitative estimate of drug-likeness (QED) is 0.385. The summed E-state index contributed by atoms with van der Waals surface area (Å²) in [6.07, 6.45) is -11.0. The monoisotopic (exact) mass is 206 g/mol. The van der Waals surface area contributed by atoms with Crippen LogP contribution in [0.3, 0.4) is 0 Å². The Balaban J connectivity index is 4.77. The molecule has 0 rings (SSSR count). The first kappa shape index (κ1) is 12.0. The van der Waals surface area contributed by atoms with E-state index in [-0.39, 0.29) is 18.4 Å². The lowest BCUT2D eigenvalue weighted by molar-refractivity contribution is -0.267. The number of carbonyl (C=O) groups is 1. The van der Waals surface area contributed by atoms with Crippen LogP contribution in [-0.4, -0.2) is 18.6 Å². The predicted octanol–water partition coefficient (Wildman–Crippen LogP) is 2.48. The molecule has 0 aromatic rings. The summed E-state index contributed by atoms with van der Waals surface area (Å²) in [5.74, 6) is -3.58. The van der Waals surface area contributed by atoms with Crippen LogP contribution in [0, 0.1) is 5.92 Å². The molecule has 0 saturated carbocycles. The SMILES string of the molecule is O=C/C=C/C(C(F)(F)F)C(F)(F)F. The first-order valence-electron chi connectivity index (χ1n) is 2.95. The minimum absolute atomic E-state index is 0.148. The molecular formula is C6H4F6O. The molecule has 0 aliphatic heterocycles. The van der Waals surface area contributed by atoms with Crippen LogP contribution >= 0.6 is 0 Å². The third-order valence-corrected chi connectivity index (χ3v) is 1.09. The van der Waals surface area contributed by atoms with Crippen molar-refractivity contribution in [1.29, 1.82) is 0 Å². The number of aldehydes is 1. The molecule has 7 heteroatoms. The fourth-order valence-corrected chi connectivity index (χ4v) is 0.560. The molecule has 13 heavy (non-hydrogen) atoms. The van der Waals surface area contributed by atoms with Crippen molar-refractivity contribution in [2.24, 2.45) is 5.92 Å². The summed E-state index contributed by atoms with van der Waals surface area (Å²) in [6, 6.07) is 0. The van der Waals surface area contributed by atoms with Crippen molar-refractivity contribution in [1.82, 2.24) is 0 Å². The molecule has 0 heterocycles. The summed E-state index contributed by atoms with van der Waals surface area (Å²) in [5, 5.41) is 0. The molecule has 0 aliphatic rings.